The number of hydrogen-bond donors (Lipinski definition) is 2. The number of carbonyl (C=O) groups is 3. The van der Waals surface area contributed by atoms with Gasteiger partial charge in [-0.2, -0.15) is 0 Å². The number of likely N-dealkylation sites (N-methyl/N-ethyl adjacent to an activating group) is 1. The van der Waals surface area contributed by atoms with Crippen molar-refractivity contribution in [2.24, 2.45) is 11.7 Å². The topological polar surface area (TPSA) is 101 Å². The van der Waals surface area contributed by atoms with Crippen molar-refractivity contribution in [1.29, 1.82) is 0 Å². The Bertz CT molecular complexity index is 467. The molecule has 6 nitrogen and oxygen atoms in total. The summed E-state index contributed by atoms with van der Waals surface area (Å²) in [6, 6.07) is 0. The highest BCUT2D eigenvalue weighted by molar-refractivity contribution is 5.88. The van der Waals surface area contributed by atoms with E-state index in [9.17, 15) is 19.5 Å². The second kappa shape index (κ2) is 13.6. The first-order chi connectivity index (χ1) is 12.8. The molecule has 0 aromatic carbocycles. The molecule has 0 rings (SSSR count). The minimum absolute atomic E-state index is 0.00520. The monoisotopic (exact) mass is 384 g/mol. The van der Waals surface area contributed by atoms with Crippen molar-refractivity contribution < 1.29 is 19.5 Å². The van der Waals surface area contributed by atoms with Crippen LogP contribution in [0.3, 0.4) is 0 Å². The molecule has 0 heterocycles. The fourth-order valence-electron chi connectivity index (χ4n) is 3.95. The SMILES string of the molecule is CCCCCC(=O)N(CC)C(CCCC)(C(=O)O)C(CCCC)CC(N)=O. The molecule has 158 valence electrons. The molecule has 0 aliphatic rings. The molecule has 0 saturated carbocycles. The standard InChI is InChI=1S/C21H40N2O4/c1-5-9-12-14-19(25)23(8-4)21(20(26)27,15-11-7-3)17(13-10-6-2)16-18(22)24/h17H,5-16H2,1-4H3,(H2,22,24)(H,26,27). The molecule has 6 heteroatoms. The number of nitrogens with two attached hydrogens (primary N) is 1. The van der Waals surface area contributed by atoms with Crippen LogP contribution in [0.25, 0.3) is 0 Å². The van der Waals surface area contributed by atoms with Gasteiger partial charge < -0.3 is 15.7 Å². The van der Waals surface area contributed by atoms with E-state index in [-0.39, 0.29) is 12.3 Å². The molecule has 2 unspecified atom stereocenters. The number of hydrogen-bond acceptors (Lipinski definition) is 3. The quantitative estimate of drug-likeness (QED) is 0.391. The van der Waals surface area contributed by atoms with Crippen molar-refractivity contribution in [2.45, 2.75) is 104 Å². The lowest BCUT2D eigenvalue weighted by molar-refractivity contribution is -0.166. The van der Waals surface area contributed by atoms with Crippen LogP contribution in [0.2, 0.25) is 0 Å². The van der Waals surface area contributed by atoms with Crippen molar-refractivity contribution in [2.75, 3.05) is 6.54 Å². The van der Waals surface area contributed by atoms with Crippen molar-refractivity contribution >= 4 is 17.8 Å². The Morgan fingerprint density at radius 1 is 0.963 bits per heavy atom. The zero-order chi connectivity index (χ0) is 20.9. The smallest absolute Gasteiger partial charge is 0.329 e. The number of amides is 2. The lowest BCUT2D eigenvalue weighted by Crippen LogP contribution is -2.62. The Morgan fingerprint density at radius 2 is 1.56 bits per heavy atom. The maximum atomic E-state index is 13.0. The largest absolute Gasteiger partial charge is 0.479 e. The Balaban J connectivity index is 6.03. The highest BCUT2D eigenvalue weighted by Gasteiger charge is 2.51. The normalized spacial score (nSPS) is 14.4. The summed E-state index contributed by atoms with van der Waals surface area (Å²) in [6.45, 7) is 8.24. The van der Waals surface area contributed by atoms with Crippen molar-refractivity contribution in [1.82, 2.24) is 4.90 Å². The lowest BCUT2D eigenvalue weighted by Gasteiger charge is -2.45. The predicted octanol–water partition coefficient (Wildman–Crippen LogP) is 4.11. The fourth-order valence-corrected chi connectivity index (χ4v) is 3.95. The first-order valence-corrected chi connectivity index (χ1v) is 10.6. The molecule has 0 saturated heterocycles. The molecule has 0 aromatic heterocycles. The van der Waals surface area contributed by atoms with Gasteiger partial charge in [0.25, 0.3) is 0 Å². The molecule has 27 heavy (non-hydrogen) atoms. The second-order valence-corrected chi connectivity index (χ2v) is 7.44. The molecule has 0 aliphatic heterocycles. The van der Waals surface area contributed by atoms with Gasteiger partial charge in [-0.15, -0.1) is 0 Å². The molecular formula is C21H40N2O4. The predicted molar refractivity (Wildman–Crippen MR) is 108 cm³/mol. The number of aliphatic carboxylic acids is 1. The van der Waals surface area contributed by atoms with Gasteiger partial charge in [0.2, 0.25) is 11.8 Å². The number of carbonyl (C=O) groups excluding carboxylic acids is 2. The zero-order valence-corrected chi connectivity index (χ0v) is 17.8. The number of primary amides is 1. The minimum Gasteiger partial charge on any atom is -0.479 e. The molecular weight excluding hydrogens is 344 g/mol. The van der Waals surface area contributed by atoms with E-state index in [1.54, 1.807) is 0 Å². The van der Waals surface area contributed by atoms with Crippen LogP contribution in [0.15, 0.2) is 0 Å². The van der Waals surface area contributed by atoms with Crippen LogP contribution in [-0.4, -0.2) is 39.9 Å². The Labute approximate surface area is 164 Å². The van der Waals surface area contributed by atoms with Gasteiger partial charge in [0, 0.05) is 25.3 Å². The first kappa shape index (κ1) is 25.4. The zero-order valence-electron chi connectivity index (χ0n) is 17.8. The van der Waals surface area contributed by atoms with E-state index < -0.39 is 23.3 Å². The van der Waals surface area contributed by atoms with Crippen molar-refractivity contribution in [3.05, 3.63) is 0 Å². The average Bonchev–Trinajstić information content (AvgIpc) is 2.61. The minimum atomic E-state index is -1.36. The van der Waals surface area contributed by atoms with Crippen LogP contribution in [0.5, 0.6) is 0 Å². The Hall–Kier alpha value is -1.59. The van der Waals surface area contributed by atoms with Gasteiger partial charge in [-0.3, -0.25) is 9.59 Å². The van der Waals surface area contributed by atoms with E-state index in [4.69, 9.17) is 5.73 Å². The number of carboxylic acid groups (broad SMARTS) is 1. The molecule has 2 atom stereocenters. The van der Waals surface area contributed by atoms with E-state index in [1.807, 2.05) is 20.8 Å². The molecule has 0 aliphatic carbocycles. The summed E-state index contributed by atoms with van der Waals surface area (Å²) in [5.74, 6) is -2.11. The van der Waals surface area contributed by atoms with Gasteiger partial charge >= 0.3 is 5.97 Å². The molecule has 0 bridgehead atoms. The van der Waals surface area contributed by atoms with Crippen LogP contribution in [-0.2, 0) is 14.4 Å². The van der Waals surface area contributed by atoms with E-state index in [1.165, 1.54) is 4.90 Å². The summed E-state index contributed by atoms with van der Waals surface area (Å²) < 4.78 is 0. The van der Waals surface area contributed by atoms with Crippen LogP contribution in [0.4, 0.5) is 0 Å². The summed E-state index contributed by atoms with van der Waals surface area (Å²) >= 11 is 0. The number of unbranched alkanes of at least 4 members (excludes halogenated alkanes) is 4. The van der Waals surface area contributed by atoms with Gasteiger partial charge in [-0.25, -0.2) is 4.79 Å². The van der Waals surface area contributed by atoms with E-state index in [0.717, 1.165) is 38.5 Å². The summed E-state index contributed by atoms with van der Waals surface area (Å²) in [6.07, 6.45) is 7.19. The maximum absolute atomic E-state index is 13.0. The van der Waals surface area contributed by atoms with Gasteiger partial charge in [0.05, 0.1) is 0 Å². The molecule has 2 amide bonds. The Kier molecular flexibility index (Phi) is 12.8. The van der Waals surface area contributed by atoms with Crippen molar-refractivity contribution in [3.8, 4) is 0 Å². The third-order valence-corrected chi connectivity index (χ3v) is 5.40. The van der Waals surface area contributed by atoms with Gasteiger partial charge in [-0.1, -0.05) is 59.3 Å². The van der Waals surface area contributed by atoms with E-state index in [2.05, 4.69) is 6.92 Å². The van der Waals surface area contributed by atoms with Crippen LogP contribution >= 0.6 is 0 Å². The molecule has 3 N–H and O–H groups in total. The number of carboxylic acids is 1. The van der Waals surface area contributed by atoms with Crippen LogP contribution in [0, 0.1) is 5.92 Å². The van der Waals surface area contributed by atoms with E-state index in [0.29, 0.717) is 32.2 Å². The summed E-state index contributed by atoms with van der Waals surface area (Å²) in [5, 5.41) is 10.3. The average molecular weight is 385 g/mol. The highest BCUT2D eigenvalue weighted by atomic mass is 16.4. The second-order valence-electron chi connectivity index (χ2n) is 7.44. The highest BCUT2D eigenvalue weighted by Crippen LogP contribution is 2.37. The number of nitrogens with zero attached hydrogens (tertiary/aromatic N) is 1. The van der Waals surface area contributed by atoms with E-state index >= 15 is 0 Å². The summed E-state index contributed by atoms with van der Waals surface area (Å²) in [7, 11) is 0. The van der Waals surface area contributed by atoms with Gasteiger partial charge in [0.15, 0.2) is 0 Å². The third-order valence-electron chi connectivity index (χ3n) is 5.40. The summed E-state index contributed by atoms with van der Waals surface area (Å²) in [5.41, 5.74) is 4.11. The van der Waals surface area contributed by atoms with Crippen molar-refractivity contribution in [3.63, 3.8) is 0 Å². The molecule has 0 aromatic rings. The maximum Gasteiger partial charge on any atom is 0.329 e. The lowest BCUT2D eigenvalue weighted by atomic mass is 9.73. The summed E-state index contributed by atoms with van der Waals surface area (Å²) in [4.78, 5) is 38.8. The van der Waals surface area contributed by atoms with Crippen LogP contribution < -0.4 is 5.73 Å². The first-order valence-electron chi connectivity index (χ1n) is 10.6. The third kappa shape index (κ3) is 7.51. The Morgan fingerprint density at radius 3 is 2.00 bits per heavy atom. The molecule has 0 spiro atoms. The van der Waals surface area contributed by atoms with Gasteiger partial charge in [0.1, 0.15) is 5.54 Å². The molecule has 0 radical (unpaired) electrons. The number of rotatable bonds is 16. The van der Waals surface area contributed by atoms with Crippen LogP contribution in [0.1, 0.15) is 98.3 Å². The van der Waals surface area contributed by atoms with Gasteiger partial charge in [-0.05, 0) is 26.2 Å². The fraction of sp³-hybridized carbons (Fsp3) is 0.857. The molecule has 0 fully saturated rings.